The van der Waals surface area contributed by atoms with Crippen LogP contribution in [0, 0.1) is 52.4 Å². The number of fused-ring (bicyclic) bond motifs is 2. The quantitative estimate of drug-likeness (QED) is 0.0175. The summed E-state index contributed by atoms with van der Waals surface area (Å²) < 4.78 is 107. The van der Waals surface area contributed by atoms with E-state index in [9.17, 15) is 31.3 Å². The molecule has 0 aromatic heterocycles. The first-order valence-corrected chi connectivity index (χ1v) is 32.3. The number of nitrogens with one attached hydrogen (secondary N) is 4. The van der Waals surface area contributed by atoms with E-state index >= 15 is 8.42 Å². The maximum absolute atomic E-state index is 15.2. The summed E-state index contributed by atoms with van der Waals surface area (Å²) in [6.07, 6.45) is 6.56. The molecule has 19 heteroatoms. The lowest BCUT2D eigenvalue weighted by molar-refractivity contribution is -0.118. The molecule has 3 atom stereocenters. The molecule has 82 heavy (non-hydrogen) atoms. The Balaban J connectivity index is 1.81. The summed E-state index contributed by atoms with van der Waals surface area (Å²) in [7, 11) is -9.47. The van der Waals surface area contributed by atoms with Crippen LogP contribution in [-0.2, 0) is 41.0 Å². The molecule has 1 heterocycles. The fourth-order valence-corrected chi connectivity index (χ4v) is 13.6. The fraction of sp³-hybridized carbons (Fsp3) is 0.476. The van der Waals surface area contributed by atoms with Crippen molar-refractivity contribution in [3.05, 3.63) is 99.4 Å². The van der Waals surface area contributed by atoms with Crippen molar-refractivity contribution in [2.45, 2.75) is 197 Å². The van der Waals surface area contributed by atoms with Crippen LogP contribution in [0.2, 0.25) is 0 Å². The molecule has 1 aliphatic carbocycles. The van der Waals surface area contributed by atoms with Gasteiger partial charge in [-0.05, 0) is 131 Å². The molecule has 4 aromatic rings. The molecule has 2 amide bonds. The molecule has 0 bridgehead atoms. The van der Waals surface area contributed by atoms with E-state index in [4.69, 9.17) is 9.41 Å². The van der Waals surface area contributed by atoms with Crippen molar-refractivity contribution in [1.29, 1.82) is 0 Å². The molecule has 16 nitrogen and oxygen atoms in total. The molecule has 2 aliphatic rings. The van der Waals surface area contributed by atoms with E-state index in [1.807, 2.05) is 102 Å². The largest absolute Gasteiger partial charge is 0.755 e. The summed E-state index contributed by atoms with van der Waals surface area (Å²) in [5, 5.41) is 9.90. The van der Waals surface area contributed by atoms with Gasteiger partial charge in [-0.15, -0.1) is 0 Å². The number of hydrogen-bond donors (Lipinski definition) is 5. The molecule has 0 saturated carbocycles. The number of unbranched alkanes of at least 4 members (excludes halogenated alkanes) is 4. The van der Waals surface area contributed by atoms with Crippen LogP contribution in [0.4, 0.5) is 34.1 Å². The molecule has 4 aromatic carbocycles. The Hall–Kier alpha value is -5.96. The predicted octanol–water partition coefficient (Wildman–Crippen LogP) is 14.8. The molecule has 3 unspecified atom stereocenters. The highest BCUT2D eigenvalue weighted by molar-refractivity contribution is 7.89. The van der Waals surface area contributed by atoms with Crippen molar-refractivity contribution in [3.8, 4) is 22.5 Å². The van der Waals surface area contributed by atoms with Crippen molar-refractivity contribution in [3.63, 3.8) is 0 Å². The summed E-state index contributed by atoms with van der Waals surface area (Å²) in [5.74, 6) is -0.312. The van der Waals surface area contributed by atoms with Gasteiger partial charge in [0.05, 0.1) is 22.4 Å². The molecule has 446 valence electrons. The van der Waals surface area contributed by atoms with Crippen LogP contribution < -0.4 is 30.3 Å². The predicted molar refractivity (Wildman–Crippen MR) is 332 cm³/mol. The normalized spacial score (nSPS) is 13.8. The molecular weight excluding hydrogens is 1100 g/mol. The van der Waals surface area contributed by atoms with Crippen LogP contribution in [0.3, 0.4) is 0 Å². The zero-order valence-corrected chi connectivity index (χ0v) is 53.2. The molecule has 5 N–H and O–H groups in total. The van der Waals surface area contributed by atoms with Gasteiger partial charge >= 0.3 is 0 Å². The van der Waals surface area contributed by atoms with Gasteiger partial charge in [-0.2, -0.15) is 8.42 Å². The Morgan fingerprint density at radius 3 is 1.82 bits per heavy atom. The van der Waals surface area contributed by atoms with Gasteiger partial charge in [0.25, 0.3) is 10.1 Å². The number of sulfonamides is 1. The summed E-state index contributed by atoms with van der Waals surface area (Å²) in [6, 6.07) is 14.5. The second-order valence-corrected chi connectivity index (χ2v) is 28.5. The number of amides is 2. The van der Waals surface area contributed by atoms with Crippen molar-refractivity contribution >= 4 is 88.3 Å². The SMILES string of the molecule is CCCCCC(C)NS(=O)(=O)c1cc2c(-c3ccccc3S(=O)(=O)O)c3cc(N(C(C)CCCCC)S(=O)[O-])c(Nc4c(C)cc(C)c(NC(=O)CC(C)(C)C)c4C)cc3oc-2cc1=Nc1c(C)cc(C)c(NC(=O)CC(C)(C)C)c1C. The zero-order valence-electron chi connectivity index (χ0n) is 50.7. The van der Waals surface area contributed by atoms with Crippen molar-refractivity contribution in [2.75, 3.05) is 20.3 Å². The standard InChI is InChI=1S/C63H86N6O10S3/c1-17-19-21-25-41(7)68-81(74,75)54-32-47-52(34-49(54)65-59-38(4)30-40(6)61(44(59)10)67-56(71)36-63(14,15)16)79-51-33-48(64-58-37(3)29-39(5)60(43(58)9)66-55(70)35-62(11,12)13)50(69(80(72)73)42(8)26-22-20-18-2)31-46(51)57(47)45-27-23-24-28-53(45)82(76,77)78/h23-24,27-34,41-42,64,68H,17-22,25-26,35-36H2,1-16H3,(H,66,70)(H,67,71)(H,72,73)(H,76,77,78)/p-1. The number of benzene rings is 5. The number of hydrogen-bond acceptors (Lipinski definition) is 11. The third kappa shape index (κ3) is 15.8. The van der Waals surface area contributed by atoms with Crippen LogP contribution in [0.5, 0.6) is 0 Å². The number of carbonyl (C=O) groups is 2. The smallest absolute Gasteiger partial charge is 0.295 e. The van der Waals surface area contributed by atoms with Gasteiger partial charge in [0.15, 0.2) is 0 Å². The van der Waals surface area contributed by atoms with Crippen LogP contribution in [0.1, 0.15) is 167 Å². The molecule has 0 fully saturated rings. The molecule has 1 aliphatic heterocycles. The minimum absolute atomic E-state index is 0.0242. The highest BCUT2D eigenvalue weighted by atomic mass is 32.2. The van der Waals surface area contributed by atoms with Crippen molar-refractivity contribution in [2.24, 2.45) is 15.8 Å². The average molecular weight is 1180 g/mol. The average Bonchev–Trinajstić information content (AvgIpc) is 2.26. The molecule has 0 spiro atoms. The van der Waals surface area contributed by atoms with Crippen LogP contribution in [-0.4, -0.2) is 54.0 Å². The summed E-state index contributed by atoms with van der Waals surface area (Å²) in [4.78, 5) is 31.3. The van der Waals surface area contributed by atoms with E-state index in [2.05, 4.69) is 34.5 Å². The van der Waals surface area contributed by atoms with Gasteiger partial charge in [0.2, 0.25) is 21.8 Å². The maximum atomic E-state index is 15.2. The van der Waals surface area contributed by atoms with Gasteiger partial charge in [0.1, 0.15) is 21.1 Å². The van der Waals surface area contributed by atoms with E-state index in [1.165, 1.54) is 34.6 Å². The summed E-state index contributed by atoms with van der Waals surface area (Å²) in [6.45, 7) is 30.8. The van der Waals surface area contributed by atoms with E-state index in [0.29, 0.717) is 58.7 Å². The lowest BCUT2D eigenvalue weighted by Crippen LogP contribution is -2.35. The lowest BCUT2D eigenvalue weighted by atomic mass is 9.91. The fourth-order valence-electron chi connectivity index (χ4n) is 10.8. The first-order chi connectivity index (χ1) is 38.2. The zero-order chi connectivity index (χ0) is 61.0. The van der Waals surface area contributed by atoms with Gasteiger partial charge in [-0.3, -0.25) is 22.7 Å². The second-order valence-electron chi connectivity index (χ2n) is 24.6. The number of carbonyl (C=O) groups excluding carboxylic acids is 2. The highest BCUT2D eigenvalue weighted by Gasteiger charge is 2.31. The van der Waals surface area contributed by atoms with E-state index in [0.717, 1.165) is 48.8 Å². The maximum Gasteiger partial charge on any atom is 0.295 e. The lowest BCUT2D eigenvalue weighted by Gasteiger charge is -2.35. The van der Waals surface area contributed by atoms with Crippen LogP contribution in [0.25, 0.3) is 33.4 Å². The van der Waals surface area contributed by atoms with E-state index in [-0.39, 0.29) is 90.5 Å². The monoisotopic (exact) mass is 1180 g/mol. The van der Waals surface area contributed by atoms with Crippen LogP contribution in [0.15, 0.2) is 79.9 Å². The van der Waals surface area contributed by atoms with Gasteiger partial charge < -0.3 is 24.9 Å². The Kier molecular flexibility index (Phi) is 20.9. The van der Waals surface area contributed by atoms with Gasteiger partial charge in [-0.25, -0.2) is 18.1 Å². The minimum atomic E-state index is -4.98. The van der Waals surface area contributed by atoms with Crippen molar-refractivity contribution < 1.29 is 44.2 Å². The summed E-state index contributed by atoms with van der Waals surface area (Å²) >= 11 is -2.90. The first-order valence-electron chi connectivity index (χ1n) is 28.4. The van der Waals surface area contributed by atoms with E-state index < -0.39 is 48.4 Å². The topological polar surface area (TPSA) is 240 Å². The Bertz CT molecular complexity index is 3670. The number of nitrogens with zero attached hydrogens (tertiary/aromatic N) is 2. The number of rotatable bonds is 23. The second kappa shape index (κ2) is 26.3. The summed E-state index contributed by atoms with van der Waals surface area (Å²) in [5.41, 5.74) is 6.59. The van der Waals surface area contributed by atoms with Gasteiger partial charge in [0, 0.05) is 87.5 Å². The Morgan fingerprint density at radius 2 is 1.26 bits per heavy atom. The molecule has 6 rings (SSSR count). The van der Waals surface area contributed by atoms with Gasteiger partial charge in [-0.1, -0.05) is 124 Å². The molecule has 0 saturated heterocycles. The Morgan fingerprint density at radius 1 is 0.707 bits per heavy atom. The van der Waals surface area contributed by atoms with Crippen LogP contribution >= 0.6 is 0 Å². The third-order valence-corrected chi connectivity index (χ3v) is 18.0. The number of anilines is 5. The number of aryl methyl sites for hydroxylation is 4. The highest BCUT2D eigenvalue weighted by Crippen LogP contribution is 2.48. The first kappa shape index (κ1) is 65.2. The minimum Gasteiger partial charge on any atom is -0.755 e. The van der Waals surface area contributed by atoms with E-state index in [1.54, 1.807) is 25.1 Å². The third-order valence-electron chi connectivity index (χ3n) is 14.6. The Labute approximate surface area is 489 Å². The molecule has 0 radical (unpaired) electrons. The molecular formula is C63H85N6O10S3-. The van der Waals surface area contributed by atoms with Crippen molar-refractivity contribution in [1.82, 2.24) is 4.72 Å².